The summed E-state index contributed by atoms with van der Waals surface area (Å²) in [7, 11) is 0. The van der Waals surface area contributed by atoms with Gasteiger partial charge in [0.2, 0.25) is 5.91 Å². The number of thioether (sulfide) groups is 1. The third-order valence-electron chi connectivity index (χ3n) is 3.88. The molecule has 1 amide bonds. The summed E-state index contributed by atoms with van der Waals surface area (Å²) >= 11 is 1.68. The fourth-order valence-electron chi connectivity index (χ4n) is 2.72. The predicted molar refractivity (Wildman–Crippen MR) is 89.4 cm³/mol. The topological polar surface area (TPSA) is 57.6 Å². The first-order chi connectivity index (χ1) is 10.5. The Morgan fingerprint density at radius 2 is 2.18 bits per heavy atom. The highest BCUT2D eigenvalue weighted by Gasteiger charge is 2.26. The molecule has 5 heteroatoms. The maximum absolute atomic E-state index is 12.1. The lowest BCUT2D eigenvalue weighted by molar-refractivity contribution is -0.127. The number of carbonyl (C=O) groups is 2. The lowest BCUT2D eigenvalue weighted by Gasteiger charge is -2.17. The van der Waals surface area contributed by atoms with Crippen molar-refractivity contribution in [1.82, 2.24) is 4.90 Å². The van der Waals surface area contributed by atoms with Crippen molar-refractivity contribution in [1.29, 1.82) is 0 Å². The van der Waals surface area contributed by atoms with Gasteiger partial charge in [-0.2, -0.15) is 0 Å². The van der Waals surface area contributed by atoms with Crippen LogP contribution in [0.1, 0.15) is 36.2 Å². The molecule has 2 rings (SSSR count). The normalized spacial score (nSPS) is 18.0. The van der Waals surface area contributed by atoms with Crippen molar-refractivity contribution < 1.29 is 14.7 Å². The fourth-order valence-corrected chi connectivity index (χ4v) is 3.38. The number of hydrogen-bond donors (Lipinski definition) is 1. The van der Waals surface area contributed by atoms with Gasteiger partial charge in [-0.15, -0.1) is 11.8 Å². The summed E-state index contributed by atoms with van der Waals surface area (Å²) in [5, 5.41) is 9.51. The molecule has 1 atom stereocenters. The van der Waals surface area contributed by atoms with Crippen LogP contribution in [-0.4, -0.2) is 46.0 Å². The molecule has 0 aliphatic carbocycles. The Morgan fingerprint density at radius 3 is 2.86 bits per heavy atom. The lowest BCUT2D eigenvalue weighted by atomic mass is 9.97. The van der Waals surface area contributed by atoms with E-state index in [1.165, 1.54) is 0 Å². The van der Waals surface area contributed by atoms with Gasteiger partial charge in [0.15, 0.2) is 0 Å². The van der Waals surface area contributed by atoms with E-state index in [0.29, 0.717) is 22.5 Å². The molecule has 0 saturated carbocycles. The molecule has 0 radical (unpaired) electrons. The number of nitrogens with zero attached hydrogens (tertiary/aromatic N) is 1. The molecule has 1 fully saturated rings. The van der Waals surface area contributed by atoms with Crippen LogP contribution in [-0.2, 0) is 11.2 Å². The molecule has 0 spiro atoms. The van der Waals surface area contributed by atoms with Gasteiger partial charge in [-0.05, 0) is 41.7 Å². The summed E-state index contributed by atoms with van der Waals surface area (Å²) in [5.74, 6) is 0.312. The highest BCUT2D eigenvalue weighted by atomic mass is 32.2. The summed E-state index contributed by atoms with van der Waals surface area (Å²) in [6.45, 7) is 5.80. The van der Waals surface area contributed by atoms with Gasteiger partial charge >= 0.3 is 5.97 Å². The Labute approximate surface area is 135 Å². The summed E-state index contributed by atoms with van der Waals surface area (Å²) in [5.41, 5.74) is 1.37. The summed E-state index contributed by atoms with van der Waals surface area (Å²) in [6.07, 6.45) is 1.83. The molecule has 22 heavy (non-hydrogen) atoms. The van der Waals surface area contributed by atoms with Crippen LogP contribution >= 0.6 is 11.8 Å². The van der Waals surface area contributed by atoms with Crippen LogP contribution in [0.4, 0.5) is 0 Å². The summed E-state index contributed by atoms with van der Waals surface area (Å²) in [4.78, 5) is 25.1. The third-order valence-corrected chi connectivity index (χ3v) is 4.96. The zero-order chi connectivity index (χ0) is 16.1. The number of aromatic carboxylic acids is 1. The van der Waals surface area contributed by atoms with Gasteiger partial charge in [0.25, 0.3) is 0 Å². The number of amides is 1. The van der Waals surface area contributed by atoms with Crippen molar-refractivity contribution in [2.45, 2.75) is 31.9 Å². The Kier molecular flexibility index (Phi) is 5.89. The largest absolute Gasteiger partial charge is 0.478 e. The summed E-state index contributed by atoms with van der Waals surface area (Å²) < 4.78 is 0. The molecule has 1 aliphatic rings. The van der Waals surface area contributed by atoms with Crippen LogP contribution in [0.15, 0.2) is 24.3 Å². The maximum Gasteiger partial charge on any atom is 0.335 e. The molecule has 1 heterocycles. The van der Waals surface area contributed by atoms with E-state index >= 15 is 0 Å². The Morgan fingerprint density at radius 1 is 1.41 bits per heavy atom. The van der Waals surface area contributed by atoms with Crippen molar-refractivity contribution in [2.24, 2.45) is 5.92 Å². The van der Waals surface area contributed by atoms with E-state index < -0.39 is 5.97 Å². The number of benzene rings is 1. The second-order valence-corrected chi connectivity index (χ2v) is 7.63. The molecule has 1 aromatic rings. The van der Waals surface area contributed by atoms with Gasteiger partial charge in [0, 0.05) is 13.1 Å². The van der Waals surface area contributed by atoms with Gasteiger partial charge in [-0.25, -0.2) is 4.79 Å². The number of likely N-dealkylation sites (tertiary alicyclic amines) is 1. The van der Waals surface area contributed by atoms with Crippen LogP contribution in [0.25, 0.3) is 0 Å². The molecule has 1 saturated heterocycles. The van der Waals surface area contributed by atoms with Gasteiger partial charge in [-0.1, -0.05) is 26.0 Å². The van der Waals surface area contributed by atoms with Crippen LogP contribution in [0.2, 0.25) is 0 Å². The van der Waals surface area contributed by atoms with Crippen LogP contribution < -0.4 is 0 Å². The standard InChI is InChI=1S/C17H23NO3S/c1-12(2)22-11-16(19)18-7-6-14(10-18)8-13-4-3-5-15(9-13)17(20)21/h3-5,9,12,14H,6-8,10-11H2,1-2H3,(H,20,21)/t14-/m1/s1. The molecule has 4 nitrogen and oxygen atoms in total. The Hall–Kier alpha value is -1.49. The smallest absolute Gasteiger partial charge is 0.335 e. The number of rotatable bonds is 6. The first-order valence-corrected chi connectivity index (χ1v) is 8.72. The molecule has 0 unspecified atom stereocenters. The maximum atomic E-state index is 12.1. The van der Waals surface area contributed by atoms with E-state index in [0.717, 1.165) is 31.5 Å². The number of hydrogen-bond acceptors (Lipinski definition) is 3. The molecular formula is C17H23NO3S. The van der Waals surface area contributed by atoms with Crippen molar-refractivity contribution >= 4 is 23.6 Å². The number of carboxylic acids is 1. The van der Waals surface area contributed by atoms with Crippen LogP contribution in [0, 0.1) is 5.92 Å². The average Bonchev–Trinajstić information content (AvgIpc) is 2.93. The van der Waals surface area contributed by atoms with E-state index in [1.807, 2.05) is 11.0 Å². The SMILES string of the molecule is CC(C)SCC(=O)N1CC[C@H](Cc2cccc(C(=O)O)c2)C1. The first kappa shape index (κ1) is 16.9. The average molecular weight is 321 g/mol. The minimum atomic E-state index is -0.893. The van der Waals surface area contributed by atoms with E-state index in [1.54, 1.807) is 30.0 Å². The molecule has 120 valence electrons. The Bertz CT molecular complexity index is 544. The Balaban J connectivity index is 1.87. The molecule has 1 aromatic carbocycles. The van der Waals surface area contributed by atoms with Crippen LogP contribution in [0.5, 0.6) is 0 Å². The van der Waals surface area contributed by atoms with E-state index in [2.05, 4.69) is 13.8 Å². The number of carbonyl (C=O) groups excluding carboxylic acids is 1. The van der Waals surface area contributed by atoms with Gasteiger partial charge in [-0.3, -0.25) is 4.79 Å². The quantitative estimate of drug-likeness (QED) is 0.875. The highest BCUT2D eigenvalue weighted by molar-refractivity contribution is 8.00. The van der Waals surface area contributed by atoms with Crippen molar-refractivity contribution in [3.63, 3.8) is 0 Å². The van der Waals surface area contributed by atoms with Crippen molar-refractivity contribution in [3.05, 3.63) is 35.4 Å². The monoisotopic (exact) mass is 321 g/mol. The van der Waals surface area contributed by atoms with Gasteiger partial charge in [0.05, 0.1) is 11.3 Å². The second kappa shape index (κ2) is 7.68. The van der Waals surface area contributed by atoms with Gasteiger partial charge < -0.3 is 10.0 Å². The van der Waals surface area contributed by atoms with Crippen molar-refractivity contribution in [3.8, 4) is 0 Å². The number of carboxylic acid groups (broad SMARTS) is 1. The second-order valence-electron chi connectivity index (χ2n) is 6.06. The first-order valence-electron chi connectivity index (χ1n) is 7.67. The van der Waals surface area contributed by atoms with Crippen molar-refractivity contribution in [2.75, 3.05) is 18.8 Å². The highest BCUT2D eigenvalue weighted by Crippen LogP contribution is 2.22. The van der Waals surface area contributed by atoms with E-state index in [-0.39, 0.29) is 5.91 Å². The molecule has 1 N–H and O–H groups in total. The molecule has 0 bridgehead atoms. The third kappa shape index (κ3) is 4.77. The van der Waals surface area contributed by atoms with E-state index in [4.69, 9.17) is 5.11 Å². The zero-order valence-electron chi connectivity index (χ0n) is 13.1. The molecular weight excluding hydrogens is 298 g/mol. The fraction of sp³-hybridized carbons (Fsp3) is 0.529. The van der Waals surface area contributed by atoms with Crippen LogP contribution in [0.3, 0.4) is 0 Å². The van der Waals surface area contributed by atoms with E-state index in [9.17, 15) is 9.59 Å². The minimum Gasteiger partial charge on any atom is -0.478 e. The molecule has 0 aromatic heterocycles. The molecule has 1 aliphatic heterocycles. The predicted octanol–water partition coefficient (Wildman–Crippen LogP) is 2.92. The minimum absolute atomic E-state index is 0.223. The van der Waals surface area contributed by atoms with Gasteiger partial charge in [0.1, 0.15) is 0 Å². The summed E-state index contributed by atoms with van der Waals surface area (Å²) in [6, 6.07) is 7.10. The zero-order valence-corrected chi connectivity index (χ0v) is 13.9. The lowest BCUT2D eigenvalue weighted by Crippen LogP contribution is -2.30.